The SMILES string of the molecule is O=C(CCCC1CCN(c2cc(N3CCCC3C(=O)NCCc3ccc(C(F)(F)F)cc3)nc(C(F)(F)F)n2)CC1)NCCNS(=O)(=O)c1ccc(C(=O)O)cc1. The van der Waals surface area contributed by atoms with Crippen molar-refractivity contribution in [2.75, 3.05) is 49.1 Å². The van der Waals surface area contributed by atoms with E-state index in [1.54, 1.807) is 4.90 Å². The molecule has 1 atom stereocenters. The van der Waals surface area contributed by atoms with Crippen LogP contribution in [0.2, 0.25) is 0 Å². The zero-order valence-electron chi connectivity index (χ0n) is 30.7. The Morgan fingerprint density at radius 3 is 2.11 bits per heavy atom. The second kappa shape index (κ2) is 18.5. The fraction of sp³-hybridized carbons (Fsp3) is 0.486. The van der Waals surface area contributed by atoms with Crippen LogP contribution < -0.4 is 25.2 Å². The van der Waals surface area contributed by atoms with Crippen LogP contribution in [0, 0.1) is 5.92 Å². The van der Waals surface area contributed by atoms with Crippen LogP contribution in [-0.2, 0) is 38.4 Å². The third-order valence-electron chi connectivity index (χ3n) is 9.90. The van der Waals surface area contributed by atoms with Crippen LogP contribution in [0.1, 0.15) is 72.3 Å². The van der Waals surface area contributed by atoms with Crippen LogP contribution in [0.25, 0.3) is 0 Å². The molecule has 2 amide bonds. The van der Waals surface area contributed by atoms with Gasteiger partial charge in [0.2, 0.25) is 27.7 Å². The number of alkyl halides is 6. The molecular weight excluding hydrogens is 785 g/mol. The number of amides is 2. The second-order valence-corrected chi connectivity index (χ2v) is 15.7. The first-order valence-corrected chi connectivity index (χ1v) is 19.9. The number of hydrogen-bond donors (Lipinski definition) is 4. The highest BCUT2D eigenvalue weighted by Crippen LogP contribution is 2.35. The molecular formula is C37H43F6N7O6S. The molecule has 3 heterocycles. The molecule has 0 saturated carbocycles. The minimum Gasteiger partial charge on any atom is -0.478 e. The van der Waals surface area contributed by atoms with Gasteiger partial charge in [-0.15, -0.1) is 0 Å². The highest BCUT2D eigenvalue weighted by Gasteiger charge is 2.39. The third-order valence-corrected chi connectivity index (χ3v) is 11.4. The van der Waals surface area contributed by atoms with Crippen molar-refractivity contribution in [1.29, 1.82) is 0 Å². The largest absolute Gasteiger partial charge is 0.478 e. The number of aromatic nitrogens is 2. The average Bonchev–Trinajstić information content (AvgIpc) is 3.67. The lowest BCUT2D eigenvalue weighted by Crippen LogP contribution is -2.44. The van der Waals surface area contributed by atoms with Crippen molar-refractivity contribution < 1.29 is 54.3 Å². The van der Waals surface area contributed by atoms with Crippen LogP contribution in [0.5, 0.6) is 0 Å². The molecule has 2 aliphatic rings. The van der Waals surface area contributed by atoms with Gasteiger partial charge in [-0.3, -0.25) is 9.59 Å². The van der Waals surface area contributed by atoms with Crippen LogP contribution in [-0.4, -0.2) is 86.6 Å². The zero-order valence-corrected chi connectivity index (χ0v) is 31.5. The molecule has 2 saturated heterocycles. The van der Waals surface area contributed by atoms with Gasteiger partial charge >= 0.3 is 18.3 Å². The fourth-order valence-electron chi connectivity index (χ4n) is 6.82. The maximum absolute atomic E-state index is 14.0. The van der Waals surface area contributed by atoms with E-state index in [0.717, 1.165) is 12.1 Å². The number of hydrogen-bond acceptors (Lipinski definition) is 9. The standard InChI is InChI=1S/C37H43F6N7O6S/c38-36(39,40)27-10-6-25(7-11-27)14-17-45-33(52)29-4-2-20-50(29)31-23-30(47-35(48-31)37(41,42)43)49-21-15-24(16-22-49)3-1-5-32(51)44-18-19-46-57(55,56)28-12-8-26(9-13-28)34(53)54/h6-13,23-24,29,46H,1-5,14-22H2,(H,44,51)(H,45,52)(H,53,54). The molecule has 0 spiro atoms. The maximum atomic E-state index is 14.0. The van der Waals surface area contributed by atoms with Gasteiger partial charge in [0.05, 0.1) is 16.0 Å². The lowest BCUT2D eigenvalue weighted by atomic mass is 9.91. The van der Waals surface area contributed by atoms with Crippen molar-refractivity contribution in [3.63, 3.8) is 0 Å². The van der Waals surface area contributed by atoms with Crippen molar-refractivity contribution >= 4 is 39.4 Å². The molecule has 310 valence electrons. The number of carboxylic acid groups (broad SMARTS) is 1. The van der Waals surface area contributed by atoms with Crippen LogP contribution in [0.3, 0.4) is 0 Å². The average molecular weight is 828 g/mol. The molecule has 57 heavy (non-hydrogen) atoms. The zero-order chi connectivity index (χ0) is 41.4. The first kappa shape index (κ1) is 43.1. The smallest absolute Gasteiger partial charge is 0.451 e. The van der Waals surface area contributed by atoms with E-state index in [1.165, 1.54) is 47.4 Å². The summed E-state index contributed by atoms with van der Waals surface area (Å²) in [7, 11) is -3.90. The summed E-state index contributed by atoms with van der Waals surface area (Å²) in [4.78, 5) is 47.3. The number of piperidine rings is 1. The summed E-state index contributed by atoms with van der Waals surface area (Å²) in [6.45, 7) is 1.21. The van der Waals surface area contributed by atoms with Gasteiger partial charge in [0.15, 0.2) is 0 Å². The Labute approximate surface area is 325 Å². The second-order valence-electron chi connectivity index (χ2n) is 13.9. The van der Waals surface area contributed by atoms with Gasteiger partial charge in [0.25, 0.3) is 0 Å². The van der Waals surface area contributed by atoms with E-state index >= 15 is 0 Å². The number of halogens is 6. The summed E-state index contributed by atoms with van der Waals surface area (Å²) in [5.74, 6) is -2.91. The van der Waals surface area contributed by atoms with E-state index in [0.29, 0.717) is 63.7 Å². The Morgan fingerprint density at radius 2 is 1.47 bits per heavy atom. The van der Waals surface area contributed by atoms with Crippen molar-refractivity contribution in [3.05, 3.63) is 77.1 Å². The topological polar surface area (TPSA) is 174 Å². The normalized spacial score (nSPS) is 16.8. The number of sulfonamides is 1. The number of aromatic carboxylic acids is 1. The Balaban J connectivity index is 1.07. The van der Waals surface area contributed by atoms with Gasteiger partial charge in [0, 0.05) is 51.8 Å². The van der Waals surface area contributed by atoms with E-state index in [4.69, 9.17) is 5.11 Å². The van der Waals surface area contributed by atoms with E-state index in [1.807, 2.05) is 0 Å². The number of nitrogens with zero attached hydrogens (tertiary/aromatic N) is 4. The van der Waals surface area contributed by atoms with E-state index in [-0.39, 0.29) is 66.4 Å². The first-order chi connectivity index (χ1) is 26.9. The van der Waals surface area contributed by atoms with Crippen LogP contribution in [0.4, 0.5) is 38.0 Å². The fourth-order valence-corrected chi connectivity index (χ4v) is 7.85. The van der Waals surface area contributed by atoms with Crippen molar-refractivity contribution in [3.8, 4) is 0 Å². The quantitative estimate of drug-likeness (QED) is 0.114. The number of rotatable bonds is 16. The summed E-state index contributed by atoms with van der Waals surface area (Å²) in [6, 6.07) is 9.96. The highest BCUT2D eigenvalue weighted by atomic mass is 32.2. The Kier molecular flexibility index (Phi) is 14.0. The molecule has 5 rings (SSSR count). The monoisotopic (exact) mass is 827 g/mol. The first-order valence-electron chi connectivity index (χ1n) is 18.4. The molecule has 3 aromatic rings. The molecule has 2 aromatic carbocycles. The van der Waals surface area contributed by atoms with Gasteiger partial charge in [-0.2, -0.15) is 26.3 Å². The predicted octanol–water partition coefficient (Wildman–Crippen LogP) is 5.02. The number of carbonyl (C=O) groups is 3. The number of carbonyl (C=O) groups excluding carboxylic acids is 2. The van der Waals surface area contributed by atoms with Crippen molar-refractivity contribution in [2.24, 2.45) is 5.92 Å². The minimum absolute atomic E-state index is 0.0250. The molecule has 0 radical (unpaired) electrons. The summed E-state index contributed by atoms with van der Waals surface area (Å²) < 4.78 is 108. The van der Waals surface area contributed by atoms with Gasteiger partial charge in [0.1, 0.15) is 17.7 Å². The Hall–Kier alpha value is -4.98. The number of nitrogens with one attached hydrogen (secondary N) is 3. The summed E-state index contributed by atoms with van der Waals surface area (Å²) in [6.07, 6.45) is -5.39. The van der Waals surface area contributed by atoms with E-state index in [2.05, 4.69) is 25.3 Å². The van der Waals surface area contributed by atoms with Gasteiger partial charge in [-0.05, 0) is 92.8 Å². The van der Waals surface area contributed by atoms with Crippen molar-refractivity contribution in [2.45, 2.75) is 74.7 Å². The molecule has 1 aromatic heterocycles. The van der Waals surface area contributed by atoms with Gasteiger partial charge in [-0.1, -0.05) is 12.1 Å². The molecule has 2 aliphatic heterocycles. The minimum atomic E-state index is -4.84. The van der Waals surface area contributed by atoms with Crippen molar-refractivity contribution in [1.82, 2.24) is 25.3 Å². The molecule has 4 N–H and O–H groups in total. The lowest BCUT2D eigenvalue weighted by Gasteiger charge is -2.34. The molecule has 0 aliphatic carbocycles. The van der Waals surface area contributed by atoms with E-state index < -0.39 is 51.7 Å². The molecule has 1 unspecified atom stereocenters. The lowest BCUT2D eigenvalue weighted by molar-refractivity contribution is -0.144. The molecule has 13 nitrogen and oxygen atoms in total. The summed E-state index contributed by atoms with van der Waals surface area (Å²) >= 11 is 0. The summed E-state index contributed by atoms with van der Waals surface area (Å²) in [5, 5.41) is 14.4. The van der Waals surface area contributed by atoms with Gasteiger partial charge in [-0.25, -0.2) is 27.9 Å². The third kappa shape index (κ3) is 12.0. The van der Waals surface area contributed by atoms with E-state index in [9.17, 15) is 49.1 Å². The Bertz CT molecular complexity index is 1970. The highest BCUT2D eigenvalue weighted by molar-refractivity contribution is 7.89. The predicted molar refractivity (Wildman–Crippen MR) is 196 cm³/mol. The number of anilines is 2. The molecule has 0 bridgehead atoms. The maximum Gasteiger partial charge on any atom is 0.451 e. The van der Waals surface area contributed by atoms with Gasteiger partial charge < -0.3 is 25.5 Å². The molecule has 2 fully saturated rings. The Morgan fingerprint density at radius 1 is 0.807 bits per heavy atom. The molecule has 20 heteroatoms. The van der Waals surface area contributed by atoms with Crippen LogP contribution >= 0.6 is 0 Å². The number of benzene rings is 2. The van der Waals surface area contributed by atoms with Crippen LogP contribution in [0.15, 0.2) is 59.5 Å². The number of carboxylic acids is 1. The summed E-state index contributed by atoms with van der Waals surface area (Å²) in [5.41, 5.74) is -0.254.